The summed E-state index contributed by atoms with van der Waals surface area (Å²) < 4.78 is 3.77. The van der Waals surface area contributed by atoms with Gasteiger partial charge in [-0.15, -0.1) is 0 Å². The number of carbonyl (C=O) groups is 1. The quantitative estimate of drug-likeness (QED) is 0.690. The summed E-state index contributed by atoms with van der Waals surface area (Å²) in [6.45, 7) is 4.05. The lowest BCUT2D eigenvalue weighted by Crippen LogP contribution is -2.41. The molecule has 1 aliphatic rings. The van der Waals surface area contributed by atoms with Crippen molar-refractivity contribution in [2.75, 3.05) is 13.1 Å². The summed E-state index contributed by atoms with van der Waals surface area (Å²) in [6, 6.07) is 5.62. The number of hydrogen-bond acceptors (Lipinski definition) is 5. The molecule has 1 saturated heterocycles. The van der Waals surface area contributed by atoms with Gasteiger partial charge in [-0.2, -0.15) is 5.10 Å². The molecule has 1 atom stereocenters. The molecule has 0 aromatic carbocycles. The predicted molar refractivity (Wildman–Crippen MR) is 98.9 cm³/mol. The SMILES string of the molecule is CC(C(=O)N1CCC(c2nccn2Cc2ccccn2)CC1)n1cncn1. The normalized spacial score (nSPS) is 16.4. The maximum Gasteiger partial charge on any atom is 0.247 e. The topological polar surface area (TPSA) is 81.7 Å². The maximum atomic E-state index is 12.7. The van der Waals surface area contributed by atoms with E-state index in [2.05, 4.69) is 24.6 Å². The summed E-state index contributed by atoms with van der Waals surface area (Å²) in [5.74, 6) is 1.53. The second kappa shape index (κ2) is 7.69. The molecule has 3 aromatic rings. The summed E-state index contributed by atoms with van der Waals surface area (Å²) in [5, 5.41) is 4.08. The summed E-state index contributed by atoms with van der Waals surface area (Å²) in [6.07, 6.45) is 10.5. The van der Waals surface area contributed by atoms with Crippen LogP contribution in [0.3, 0.4) is 0 Å². The number of amides is 1. The molecule has 8 nitrogen and oxygen atoms in total. The molecule has 3 aromatic heterocycles. The highest BCUT2D eigenvalue weighted by molar-refractivity contribution is 5.80. The Labute approximate surface area is 157 Å². The summed E-state index contributed by atoms with van der Waals surface area (Å²) in [4.78, 5) is 27.6. The fourth-order valence-corrected chi connectivity index (χ4v) is 3.63. The van der Waals surface area contributed by atoms with Crippen molar-refractivity contribution in [3.63, 3.8) is 0 Å². The van der Waals surface area contributed by atoms with Gasteiger partial charge in [0.15, 0.2) is 0 Å². The first-order chi connectivity index (χ1) is 13.2. The predicted octanol–water partition coefficient (Wildman–Crippen LogP) is 1.89. The number of rotatable bonds is 5. The number of imidazole rings is 1. The molecule has 0 aliphatic carbocycles. The van der Waals surface area contributed by atoms with Crippen LogP contribution in [-0.2, 0) is 11.3 Å². The van der Waals surface area contributed by atoms with E-state index in [-0.39, 0.29) is 11.9 Å². The van der Waals surface area contributed by atoms with Crippen molar-refractivity contribution in [3.05, 3.63) is 61.0 Å². The standard InChI is InChI=1S/C19H23N7O/c1-15(26-14-20-13-23-26)19(27)24-9-5-16(6-10-24)18-22-8-11-25(18)12-17-4-2-3-7-21-17/h2-4,7-8,11,13-16H,5-6,9-10,12H2,1H3. The van der Waals surface area contributed by atoms with Crippen LogP contribution in [0.15, 0.2) is 49.4 Å². The maximum absolute atomic E-state index is 12.7. The summed E-state index contributed by atoms with van der Waals surface area (Å²) in [5.41, 5.74) is 1.02. The van der Waals surface area contributed by atoms with Crippen LogP contribution in [-0.4, -0.2) is 53.2 Å². The van der Waals surface area contributed by atoms with E-state index in [0.29, 0.717) is 5.92 Å². The molecule has 0 radical (unpaired) electrons. The highest BCUT2D eigenvalue weighted by atomic mass is 16.2. The molecule has 0 saturated carbocycles. The van der Waals surface area contributed by atoms with E-state index in [1.807, 2.05) is 48.6 Å². The Morgan fingerprint density at radius 2 is 2.07 bits per heavy atom. The van der Waals surface area contributed by atoms with E-state index in [9.17, 15) is 4.79 Å². The number of hydrogen-bond donors (Lipinski definition) is 0. The van der Waals surface area contributed by atoms with Crippen molar-refractivity contribution < 1.29 is 4.79 Å². The minimum absolute atomic E-state index is 0.0933. The smallest absolute Gasteiger partial charge is 0.247 e. The van der Waals surface area contributed by atoms with Crippen molar-refractivity contribution in [3.8, 4) is 0 Å². The van der Waals surface area contributed by atoms with Crippen LogP contribution in [0, 0.1) is 0 Å². The summed E-state index contributed by atoms with van der Waals surface area (Å²) in [7, 11) is 0. The van der Waals surface area contributed by atoms with Gasteiger partial charge in [0, 0.05) is 37.6 Å². The summed E-state index contributed by atoms with van der Waals surface area (Å²) >= 11 is 0. The first-order valence-corrected chi connectivity index (χ1v) is 9.26. The molecule has 0 spiro atoms. The van der Waals surface area contributed by atoms with Gasteiger partial charge >= 0.3 is 0 Å². The molecular weight excluding hydrogens is 342 g/mol. The van der Waals surface area contributed by atoms with E-state index >= 15 is 0 Å². The van der Waals surface area contributed by atoms with E-state index in [1.54, 1.807) is 11.0 Å². The van der Waals surface area contributed by atoms with Gasteiger partial charge in [-0.1, -0.05) is 6.07 Å². The molecule has 1 fully saturated rings. The van der Waals surface area contributed by atoms with E-state index in [4.69, 9.17) is 0 Å². The van der Waals surface area contributed by atoms with Gasteiger partial charge < -0.3 is 9.47 Å². The van der Waals surface area contributed by atoms with Gasteiger partial charge in [-0.3, -0.25) is 9.78 Å². The van der Waals surface area contributed by atoms with Crippen LogP contribution in [0.5, 0.6) is 0 Å². The minimum Gasteiger partial charge on any atom is -0.341 e. The Kier molecular flexibility index (Phi) is 4.95. The van der Waals surface area contributed by atoms with Crippen LogP contribution in [0.4, 0.5) is 0 Å². The molecule has 1 unspecified atom stereocenters. The number of pyridine rings is 1. The number of nitrogens with zero attached hydrogens (tertiary/aromatic N) is 7. The number of likely N-dealkylation sites (tertiary alicyclic amines) is 1. The highest BCUT2D eigenvalue weighted by Crippen LogP contribution is 2.28. The van der Waals surface area contributed by atoms with Gasteiger partial charge in [0.1, 0.15) is 24.5 Å². The van der Waals surface area contributed by atoms with Crippen molar-refractivity contribution >= 4 is 5.91 Å². The molecule has 27 heavy (non-hydrogen) atoms. The van der Waals surface area contributed by atoms with Crippen LogP contribution < -0.4 is 0 Å². The highest BCUT2D eigenvalue weighted by Gasteiger charge is 2.29. The average molecular weight is 365 g/mol. The van der Waals surface area contributed by atoms with Gasteiger partial charge in [-0.05, 0) is 31.9 Å². The lowest BCUT2D eigenvalue weighted by atomic mass is 9.95. The van der Waals surface area contributed by atoms with Gasteiger partial charge in [-0.25, -0.2) is 14.6 Å². The molecule has 4 heterocycles. The Morgan fingerprint density at radius 3 is 2.78 bits per heavy atom. The Bertz CT molecular complexity index is 867. The molecular formula is C19H23N7O. The third kappa shape index (κ3) is 3.74. The molecule has 8 heteroatoms. The zero-order valence-electron chi connectivity index (χ0n) is 15.3. The van der Waals surface area contributed by atoms with Gasteiger partial charge in [0.2, 0.25) is 5.91 Å². The van der Waals surface area contributed by atoms with Crippen molar-refractivity contribution in [1.82, 2.24) is 34.2 Å². The average Bonchev–Trinajstić information content (AvgIpc) is 3.40. The van der Waals surface area contributed by atoms with Crippen molar-refractivity contribution in [2.45, 2.75) is 38.3 Å². The molecule has 4 rings (SSSR count). The second-order valence-corrected chi connectivity index (χ2v) is 6.89. The van der Waals surface area contributed by atoms with Crippen LogP contribution in [0.1, 0.15) is 43.2 Å². The van der Waals surface area contributed by atoms with E-state index in [1.165, 1.54) is 6.33 Å². The Balaban J connectivity index is 1.39. The fourth-order valence-electron chi connectivity index (χ4n) is 3.63. The molecule has 0 bridgehead atoms. The van der Waals surface area contributed by atoms with Crippen LogP contribution in [0.25, 0.3) is 0 Å². The van der Waals surface area contributed by atoms with Gasteiger partial charge in [0.25, 0.3) is 0 Å². The second-order valence-electron chi connectivity index (χ2n) is 6.89. The Hall–Kier alpha value is -3.03. The van der Waals surface area contributed by atoms with Gasteiger partial charge in [0.05, 0.1) is 12.2 Å². The first kappa shape index (κ1) is 17.4. The lowest BCUT2D eigenvalue weighted by molar-refractivity contribution is -0.135. The van der Waals surface area contributed by atoms with E-state index < -0.39 is 0 Å². The molecule has 1 amide bonds. The van der Waals surface area contributed by atoms with Crippen LogP contribution >= 0.6 is 0 Å². The number of carbonyl (C=O) groups excluding carboxylic acids is 1. The lowest BCUT2D eigenvalue weighted by Gasteiger charge is -2.33. The van der Waals surface area contributed by atoms with Crippen LogP contribution in [0.2, 0.25) is 0 Å². The molecule has 140 valence electrons. The monoisotopic (exact) mass is 365 g/mol. The zero-order valence-corrected chi connectivity index (χ0v) is 15.3. The van der Waals surface area contributed by atoms with Crippen molar-refractivity contribution in [2.24, 2.45) is 0 Å². The Morgan fingerprint density at radius 1 is 1.22 bits per heavy atom. The first-order valence-electron chi connectivity index (χ1n) is 9.26. The third-order valence-electron chi connectivity index (χ3n) is 5.17. The zero-order chi connectivity index (χ0) is 18.6. The fraction of sp³-hybridized carbons (Fsp3) is 0.421. The molecule has 1 aliphatic heterocycles. The minimum atomic E-state index is -0.324. The third-order valence-corrected chi connectivity index (χ3v) is 5.17. The molecule has 0 N–H and O–H groups in total. The number of aromatic nitrogens is 6. The number of piperidine rings is 1. The van der Waals surface area contributed by atoms with E-state index in [0.717, 1.165) is 44.0 Å². The largest absolute Gasteiger partial charge is 0.341 e. The van der Waals surface area contributed by atoms with Crippen molar-refractivity contribution in [1.29, 1.82) is 0 Å².